The van der Waals surface area contributed by atoms with Gasteiger partial charge in [0.05, 0.1) is 5.56 Å². The highest BCUT2D eigenvalue weighted by atomic mass is 35.5. The van der Waals surface area contributed by atoms with Gasteiger partial charge in [0.2, 0.25) is 0 Å². The van der Waals surface area contributed by atoms with Crippen LogP contribution in [0.5, 0.6) is 0 Å². The van der Waals surface area contributed by atoms with Crippen molar-refractivity contribution in [3.05, 3.63) is 46.2 Å². The molecule has 0 radical (unpaired) electrons. The van der Waals surface area contributed by atoms with Gasteiger partial charge in [-0.05, 0) is 18.2 Å². The summed E-state index contributed by atoms with van der Waals surface area (Å²) >= 11 is 11.6. The van der Waals surface area contributed by atoms with E-state index in [-0.39, 0.29) is 27.2 Å². The number of hydrogen-bond donors (Lipinski definition) is 2. The second-order valence-electron chi connectivity index (χ2n) is 3.52. The Balaban J connectivity index is 2.31. The molecule has 0 saturated carbocycles. The van der Waals surface area contributed by atoms with Gasteiger partial charge in [-0.2, -0.15) is 0 Å². The van der Waals surface area contributed by atoms with Gasteiger partial charge in [-0.25, -0.2) is 14.4 Å². The number of nitrogens with zero attached hydrogens (tertiary/aromatic N) is 2. The van der Waals surface area contributed by atoms with Gasteiger partial charge in [-0.1, -0.05) is 23.2 Å². The lowest BCUT2D eigenvalue weighted by atomic mass is 10.1. The number of nitrogens with two attached hydrogens (primary N) is 1. The summed E-state index contributed by atoms with van der Waals surface area (Å²) in [6.45, 7) is 0. The molecule has 1 aromatic heterocycles. The molecular formula is C11H7Cl2FN4O. The minimum absolute atomic E-state index is 0.00148. The summed E-state index contributed by atoms with van der Waals surface area (Å²) in [5, 5.41) is 2.41. The van der Waals surface area contributed by atoms with Crippen LogP contribution >= 0.6 is 23.2 Å². The summed E-state index contributed by atoms with van der Waals surface area (Å²) in [6, 6.07) is 3.42. The molecule has 1 aromatic carbocycles. The average molecular weight is 301 g/mol. The smallest absolute Gasteiger partial charge is 0.257 e. The van der Waals surface area contributed by atoms with E-state index in [1.165, 1.54) is 6.07 Å². The van der Waals surface area contributed by atoms with Crippen LogP contribution in [0, 0.1) is 5.82 Å². The fourth-order valence-electron chi connectivity index (χ4n) is 1.37. The molecule has 0 aliphatic carbocycles. The highest BCUT2D eigenvalue weighted by molar-refractivity contribution is 6.38. The van der Waals surface area contributed by atoms with E-state index in [4.69, 9.17) is 28.9 Å². The van der Waals surface area contributed by atoms with E-state index < -0.39 is 11.7 Å². The summed E-state index contributed by atoms with van der Waals surface area (Å²) in [4.78, 5) is 19.3. The molecule has 0 aliphatic heterocycles. The molecule has 8 heteroatoms. The summed E-state index contributed by atoms with van der Waals surface area (Å²) in [5.41, 5.74) is 5.72. The maximum absolute atomic E-state index is 12.9. The number of aromatic nitrogens is 2. The number of anilines is 2. The van der Waals surface area contributed by atoms with Gasteiger partial charge in [0, 0.05) is 5.69 Å². The Morgan fingerprint density at radius 2 is 1.89 bits per heavy atom. The van der Waals surface area contributed by atoms with Crippen LogP contribution in [0.1, 0.15) is 10.4 Å². The molecule has 0 spiro atoms. The average Bonchev–Trinajstić information content (AvgIpc) is 2.33. The van der Waals surface area contributed by atoms with Crippen LogP contribution in [0.15, 0.2) is 24.5 Å². The molecule has 0 aliphatic rings. The number of rotatable bonds is 2. The monoisotopic (exact) mass is 300 g/mol. The topological polar surface area (TPSA) is 80.9 Å². The van der Waals surface area contributed by atoms with E-state index in [2.05, 4.69) is 15.3 Å². The van der Waals surface area contributed by atoms with Crippen LogP contribution in [0.4, 0.5) is 15.8 Å². The fourth-order valence-corrected chi connectivity index (χ4v) is 1.78. The van der Waals surface area contributed by atoms with Crippen molar-refractivity contribution in [3.8, 4) is 0 Å². The first-order chi connectivity index (χ1) is 8.99. The number of carbonyl (C=O) groups is 1. The lowest BCUT2D eigenvalue weighted by Gasteiger charge is -2.09. The minimum atomic E-state index is -0.587. The van der Waals surface area contributed by atoms with Crippen molar-refractivity contribution in [2.75, 3.05) is 11.1 Å². The molecule has 2 aromatic rings. The van der Waals surface area contributed by atoms with Crippen molar-refractivity contribution in [1.82, 2.24) is 9.97 Å². The Labute approximate surface area is 117 Å². The van der Waals surface area contributed by atoms with E-state index in [1.807, 2.05) is 0 Å². The number of halogens is 3. The Morgan fingerprint density at radius 3 is 2.47 bits per heavy atom. The van der Waals surface area contributed by atoms with E-state index in [1.54, 1.807) is 0 Å². The summed E-state index contributed by atoms with van der Waals surface area (Å²) in [7, 11) is 0. The van der Waals surface area contributed by atoms with Crippen molar-refractivity contribution in [2.24, 2.45) is 0 Å². The van der Waals surface area contributed by atoms with Crippen LogP contribution in [0.2, 0.25) is 10.3 Å². The van der Waals surface area contributed by atoms with Crippen LogP contribution in [0.25, 0.3) is 0 Å². The second-order valence-corrected chi connectivity index (χ2v) is 4.23. The molecule has 5 nitrogen and oxygen atoms in total. The number of hydrogen-bond acceptors (Lipinski definition) is 4. The molecule has 3 N–H and O–H groups in total. The van der Waals surface area contributed by atoms with Crippen molar-refractivity contribution in [2.45, 2.75) is 0 Å². The Morgan fingerprint density at radius 1 is 1.26 bits per heavy atom. The van der Waals surface area contributed by atoms with Crippen LogP contribution in [-0.4, -0.2) is 15.9 Å². The minimum Gasteiger partial charge on any atom is -0.398 e. The molecule has 19 heavy (non-hydrogen) atoms. The van der Waals surface area contributed by atoms with Crippen molar-refractivity contribution >= 4 is 40.5 Å². The highest BCUT2D eigenvalue weighted by Crippen LogP contribution is 2.26. The number of nitrogen functional groups attached to an aromatic ring is 1. The lowest BCUT2D eigenvalue weighted by molar-refractivity contribution is 0.102. The first-order valence-corrected chi connectivity index (χ1v) is 5.77. The van der Waals surface area contributed by atoms with Gasteiger partial charge < -0.3 is 11.1 Å². The zero-order valence-electron chi connectivity index (χ0n) is 9.32. The maximum atomic E-state index is 12.9. The van der Waals surface area contributed by atoms with Gasteiger partial charge in [0.25, 0.3) is 5.91 Å². The predicted octanol–water partition coefficient (Wildman–Crippen LogP) is 2.76. The zero-order valence-corrected chi connectivity index (χ0v) is 10.8. The molecule has 0 bridgehead atoms. The third-order valence-corrected chi connectivity index (χ3v) is 2.82. The van der Waals surface area contributed by atoms with Gasteiger partial charge in [-0.3, -0.25) is 4.79 Å². The van der Waals surface area contributed by atoms with E-state index in [0.29, 0.717) is 0 Å². The number of amides is 1. The molecule has 98 valence electrons. The summed E-state index contributed by atoms with van der Waals surface area (Å²) in [5.74, 6) is -1.12. The van der Waals surface area contributed by atoms with Gasteiger partial charge >= 0.3 is 0 Å². The Hall–Kier alpha value is -1.92. The summed E-state index contributed by atoms with van der Waals surface area (Å²) in [6.07, 6.45) is 1.16. The molecule has 1 amide bonds. The second kappa shape index (κ2) is 5.38. The van der Waals surface area contributed by atoms with Gasteiger partial charge in [0.1, 0.15) is 17.8 Å². The summed E-state index contributed by atoms with van der Waals surface area (Å²) < 4.78 is 12.9. The normalized spacial score (nSPS) is 10.3. The quantitative estimate of drug-likeness (QED) is 0.660. The van der Waals surface area contributed by atoms with E-state index in [9.17, 15) is 9.18 Å². The van der Waals surface area contributed by atoms with Gasteiger partial charge in [0.15, 0.2) is 10.3 Å². The molecule has 0 fully saturated rings. The molecule has 1 heterocycles. The van der Waals surface area contributed by atoms with Crippen LogP contribution in [-0.2, 0) is 0 Å². The SMILES string of the molecule is Nc1cc(F)ccc1C(=O)Nc1c(Cl)ncnc1Cl. The number of nitrogens with one attached hydrogen (secondary N) is 1. The first kappa shape index (κ1) is 13.5. The van der Waals surface area contributed by atoms with Gasteiger partial charge in [-0.15, -0.1) is 0 Å². The Kier molecular flexibility index (Phi) is 3.82. The third-order valence-electron chi connectivity index (χ3n) is 2.25. The lowest BCUT2D eigenvalue weighted by Crippen LogP contribution is -2.15. The molecule has 0 saturated heterocycles. The zero-order chi connectivity index (χ0) is 14.0. The standard InChI is InChI=1S/C11H7Cl2FN4O/c12-9-8(10(13)17-4-16-9)18-11(19)6-2-1-5(14)3-7(6)15/h1-4H,15H2,(H,18,19). The van der Waals surface area contributed by atoms with Crippen LogP contribution in [0.3, 0.4) is 0 Å². The van der Waals surface area contributed by atoms with Crippen LogP contribution < -0.4 is 11.1 Å². The first-order valence-electron chi connectivity index (χ1n) is 5.01. The predicted molar refractivity (Wildman–Crippen MR) is 70.8 cm³/mol. The van der Waals surface area contributed by atoms with E-state index in [0.717, 1.165) is 18.5 Å². The largest absolute Gasteiger partial charge is 0.398 e. The van der Waals surface area contributed by atoms with E-state index >= 15 is 0 Å². The number of carbonyl (C=O) groups excluding carboxylic acids is 1. The molecule has 0 atom stereocenters. The molecular weight excluding hydrogens is 294 g/mol. The highest BCUT2D eigenvalue weighted by Gasteiger charge is 2.15. The fraction of sp³-hybridized carbons (Fsp3) is 0. The maximum Gasteiger partial charge on any atom is 0.257 e. The van der Waals surface area contributed by atoms with Crippen molar-refractivity contribution in [1.29, 1.82) is 0 Å². The Bertz CT molecular complexity index is 630. The molecule has 0 unspecified atom stereocenters. The number of benzene rings is 1. The van der Waals surface area contributed by atoms with Crippen molar-refractivity contribution < 1.29 is 9.18 Å². The molecule has 2 rings (SSSR count). The van der Waals surface area contributed by atoms with Crippen molar-refractivity contribution in [3.63, 3.8) is 0 Å². The third kappa shape index (κ3) is 2.91.